The maximum absolute atomic E-state index is 13.2. The standard InChI is InChI=1S/C9H4F4N2OS/c1-3-14-9(17-15-3)16-8-6(12)4(10)2-5(11)7(8)13/h2H,1H3. The van der Waals surface area contributed by atoms with Gasteiger partial charge in [0.2, 0.25) is 17.4 Å². The molecule has 8 heteroatoms. The second-order valence-electron chi connectivity index (χ2n) is 3.01. The van der Waals surface area contributed by atoms with E-state index in [4.69, 9.17) is 0 Å². The number of halogens is 4. The van der Waals surface area contributed by atoms with E-state index in [1.54, 1.807) is 0 Å². The summed E-state index contributed by atoms with van der Waals surface area (Å²) < 4.78 is 60.4. The molecule has 0 N–H and O–H groups in total. The average molecular weight is 264 g/mol. The van der Waals surface area contributed by atoms with Crippen LogP contribution in [0.5, 0.6) is 10.9 Å². The summed E-state index contributed by atoms with van der Waals surface area (Å²) in [5.74, 6) is -7.16. The molecule has 1 aromatic carbocycles. The Balaban J connectivity index is 2.45. The van der Waals surface area contributed by atoms with Crippen LogP contribution in [-0.2, 0) is 0 Å². The molecule has 0 bridgehead atoms. The molecule has 0 aliphatic heterocycles. The van der Waals surface area contributed by atoms with Gasteiger partial charge in [0.25, 0.3) is 5.19 Å². The van der Waals surface area contributed by atoms with E-state index in [2.05, 4.69) is 14.1 Å². The van der Waals surface area contributed by atoms with Gasteiger partial charge in [-0.05, 0) is 6.92 Å². The first kappa shape index (κ1) is 11.8. The Morgan fingerprint density at radius 2 is 1.71 bits per heavy atom. The molecule has 90 valence electrons. The smallest absolute Gasteiger partial charge is 0.298 e. The highest BCUT2D eigenvalue weighted by molar-refractivity contribution is 7.07. The maximum Gasteiger partial charge on any atom is 0.298 e. The van der Waals surface area contributed by atoms with Crippen LogP contribution in [0, 0.1) is 30.2 Å². The fourth-order valence-corrected chi connectivity index (χ4v) is 1.59. The van der Waals surface area contributed by atoms with E-state index in [-0.39, 0.29) is 11.3 Å². The van der Waals surface area contributed by atoms with Crippen molar-refractivity contribution in [1.82, 2.24) is 9.36 Å². The second-order valence-corrected chi connectivity index (χ2v) is 3.72. The van der Waals surface area contributed by atoms with Crippen LogP contribution < -0.4 is 4.74 Å². The second kappa shape index (κ2) is 4.28. The zero-order chi connectivity index (χ0) is 12.6. The van der Waals surface area contributed by atoms with Gasteiger partial charge < -0.3 is 4.74 Å². The van der Waals surface area contributed by atoms with Crippen LogP contribution in [0.3, 0.4) is 0 Å². The van der Waals surface area contributed by atoms with Crippen LogP contribution in [0.15, 0.2) is 6.07 Å². The van der Waals surface area contributed by atoms with Crippen LogP contribution in [0.2, 0.25) is 0 Å². The highest BCUT2D eigenvalue weighted by atomic mass is 32.1. The summed E-state index contributed by atoms with van der Waals surface area (Å²) in [4.78, 5) is 3.65. The van der Waals surface area contributed by atoms with Crippen molar-refractivity contribution in [2.45, 2.75) is 6.92 Å². The Bertz CT molecular complexity index is 546. The quantitative estimate of drug-likeness (QED) is 0.617. The van der Waals surface area contributed by atoms with E-state index in [0.717, 1.165) is 0 Å². The van der Waals surface area contributed by atoms with Gasteiger partial charge in [-0.1, -0.05) is 0 Å². The van der Waals surface area contributed by atoms with Gasteiger partial charge >= 0.3 is 0 Å². The molecular weight excluding hydrogens is 260 g/mol. The number of aromatic nitrogens is 2. The van der Waals surface area contributed by atoms with Gasteiger partial charge in [-0.3, -0.25) is 0 Å². The minimum absolute atomic E-state index is 0.100. The molecule has 0 aliphatic rings. The first-order valence-corrected chi connectivity index (χ1v) is 5.07. The summed E-state index contributed by atoms with van der Waals surface area (Å²) in [7, 11) is 0. The predicted octanol–water partition coefficient (Wildman–Crippen LogP) is 3.20. The van der Waals surface area contributed by atoms with Crippen LogP contribution in [0.1, 0.15) is 5.82 Å². The number of nitrogens with zero attached hydrogens (tertiary/aromatic N) is 2. The predicted molar refractivity (Wildman–Crippen MR) is 51.0 cm³/mol. The molecule has 0 radical (unpaired) electrons. The zero-order valence-electron chi connectivity index (χ0n) is 8.30. The Kier molecular flexibility index (Phi) is 2.97. The third kappa shape index (κ3) is 2.21. The average Bonchev–Trinajstić information content (AvgIpc) is 2.68. The Morgan fingerprint density at radius 3 is 2.18 bits per heavy atom. The molecule has 0 fully saturated rings. The lowest BCUT2D eigenvalue weighted by Crippen LogP contribution is -1.99. The molecule has 0 aliphatic carbocycles. The van der Waals surface area contributed by atoms with Gasteiger partial charge in [-0.15, -0.1) is 0 Å². The van der Waals surface area contributed by atoms with Crippen LogP contribution in [0.4, 0.5) is 17.6 Å². The van der Waals surface area contributed by atoms with E-state index < -0.39 is 29.0 Å². The van der Waals surface area contributed by atoms with Gasteiger partial charge in [-0.25, -0.2) is 8.78 Å². The molecule has 0 saturated heterocycles. The van der Waals surface area contributed by atoms with Crippen molar-refractivity contribution >= 4 is 11.5 Å². The van der Waals surface area contributed by atoms with Crippen LogP contribution in [-0.4, -0.2) is 9.36 Å². The van der Waals surface area contributed by atoms with Gasteiger partial charge in [0.15, 0.2) is 11.6 Å². The van der Waals surface area contributed by atoms with Crippen molar-refractivity contribution in [2.75, 3.05) is 0 Å². The molecule has 17 heavy (non-hydrogen) atoms. The van der Waals surface area contributed by atoms with Gasteiger partial charge in [0.05, 0.1) is 0 Å². The summed E-state index contributed by atoms with van der Waals surface area (Å²) in [5, 5.41) is -0.203. The van der Waals surface area contributed by atoms with E-state index in [1.165, 1.54) is 6.92 Å². The fraction of sp³-hybridized carbons (Fsp3) is 0.111. The lowest BCUT2D eigenvalue weighted by Gasteiger charge is -2.05. The minimum atomic E-state index is -1.61. The fourth-order valence-electron chi connectivity index (χ4n) is 1.05. The molecule has 0 unspecified atom stereocenters. The molecule has 1 aromatic heterocycles. The molecule has 1 heterocycles. The normalized spacial score (nSPS) is 10.6. The first-order valence-electron chi connectivity index (χ1n) is 4.30. The summed E-state index contributed by atoms with van der Waals surface area (Å²) >= 11 is 0.712. The van der Waals surface area contributed by atoms with Crippen molar-refractivity contribution < 1.29 is 22.3 Å². The first-order chi connectivity index (χ1) is 7.99. The van der Waals surface area contributed by atoms with Gasteiger partial charge in [0, 0.05) is 17.6 Å². The minimum Gasteiger partial charge on any atom is -0.423 e. The Labute approximate surface area is 96.8 Å². The summed E-state index contributed by atoms with van der Waals surface area (Å²) in [5.41, 5.74) is 0. The van der Waals surface area contributed by atoms with Crippen molar-refractivity contribution in [3.63, 3.8) is 0 Å². The number of ether oxygens (including phenoxy) is 1. The van der Waals surface area contributed by atoms with Crippen molar-refractivity contribution in [1.29, 1.82) is 0 Å². The van der Waals surface area contributed by atoms with E-state index in [9.17, 15) is 17.6 Å². The molecule has 3 nitrogen and oxygen atoms in total. The third-order valence-corrected chi connectivity index (χ3v) is 2.46. The lowest BCUT2D eigenvalue weighted by atomic mass is 10.3. The maximum atomic E-state index is 13.2. The Morgan fingerprint density at radius 1 is 1.12 bits per heavy atom. The SMILES string of the molecule is Cc1nsc(Oc2c(F)c(F)cc(F)c2F)n1. The molecule has 0 saturated carbocycles. The lowest BCUT2D eigenvalue weighted by molar-refractivity contribution is 0.364. The monoisotopic (exact) mass is 264 g/mol. The van der Waals surface area contributed by atoms with E-state index in [1.807, 2.05) is 0 Å². The molecule has 0 spiro atoms. The van der Waals surface area contributed by atoms with Crippen LogP contribution in [0.25, 0.3) is 0 Å². The largest absolute Gasteiger partial charge is 0.423 e. The Hall–Kier alpha value is -1.70. The highest BCUT2D eigenvalue weighted by Crippen LogP contribution is 2.31. The van der Waals surface area contributed by atoms with E-state index >= 15 is 0 Å². The topological polar surface area (TPSA) is 35.0 Å². The highest BCUT2D eigenvalue weighted by Gasteiger charge is 2.22. The van der Waals surface area contributed by atoms with E-state index in [0.29, 0.717) is 17.4 Å². The zero-order valence-corrected chi connectivity index (χ0v) is 9.12. The molecule has 0 atom stereocenters. The van der Waals surface area contributed by atoms with Crippen molar-refractivity contribution in [3.05, 3.63) is 35.2 Å². The summed E-state index contributed by atoms with van der Waals surface area (Å²) in [6.45, 7) is 1.53. The number of hydrogen-bond donors (Lipinski definition) is 0. The van der Waals surface area contributed by atoms with Crippen LogP contribution >= 0.6 is 11.5 Å². The summed E-state index contributed by atoms with van der Waals surface area (Å²) in [6, 6.07) is 0.100. The molecule has 2 aromatic rings. The number of hydrogen-bond acceptors (Lipinski definition) is 4. The molecule has 0 amide bonds. The number of rotatable bonds is 2. The molecular formula is C9H4F4N2OS. The van der Waals surface area contributed by atoms with Crippen molar-refractivity contribution in [2.24, 2.45) is 0 Å². The van der Waals surface area contributed by atoms with Crippen molar-refractivity contribution in [3.8, 4) is 10.9 Å². The third-order valence-electron chi connectivity index (χ3n) is 1.77. The number of aryl methyl sites for hydroxylation is 1. The van der Waals surface area contributed by atoms with Gasteiger partial charge in [-0.2, -0.15) is 18.1 Å². The van der Waals surface area contributed by atoms with Gasteiger partial charge in [0.1, 0.15) is 5.82 Å². The molecule has 2 rings (SSSR count). The number of benzene rings is 1. The summed E-state index contributed by atoms with van der Waals surface area (Å²) in [6.07, 6.45) is 0.